The molecule has 0 fully saturated rings. The van der Waals surface area contributed by atoms with E-state index in [0.29, 0.717) is 6.42 Å². The van der Waals surface area contributed by atoms with E-state index in [9.17, 15) is 0 Å². The Morgan fingerprint density at radius 1 is 1.15 bits per heavy atom. The molecule has 0 aliphatic carbocycles. The van der Waals surface area contributed by atoms with Crippen molar-refractivity contribution in [3.8, 4) is 11.4 Å². The summed E-state index contributed by atoms with van der Waals surface area (Å²) in [6.07, 6.45) is 5.96. The predicted octanol–water partition coefficient (Wildman–Crippen LogP) is 2.26. The molecule has 2 aromatic heterocycles. The summed E-state index contributed by atoms with van der Waals surface area (Å²) < 4.78 is 7.32. The summed E-state index contributed by atoms with van der Waals surface area (Å²) in [4.78, 5) is 4.12. The largest absolute Gasteiger partial charge is 0.495 e. The Bertz CT molecular complexity index is 694. The van der Waals surface area contributed by atoms with Gasteiger partial charge in [-0.25, -0.2) is 0 Å². The van der Waals surface area contributed by atoms with Crippen LogP contribution in [-0.2, 0) is 6.42 Å². The maximum Gasteiger partial charge on any atom is 0.142 e. The fourth-order valence-corrected chi connectivity index (χ4v) is 2.09. The number of hydrogen-bond acceptors (Lipinski definition) is 4. The summed E-state index contributed by atoms with van der Waals surface area (Å²) in [5.41, 5.74) is 2.02. The van der Waals surface area contributed by atoms with Crippen molar-refractivity contribution < 1.29 is 4.74 Å². The molecule has 20 heavy (non-hydrogen) atoms. The number of ether oxygens (including phenoxy) is 1. The summed E-state index contributed by atoms with van der Waals surface area (Å²) in [6.45, 7) is 0. The molecule has 0 radical (unpaired) electrons. The van der Waals surface area contributed by atoms with Crippen LogP contribution in [0.5, 0.6) is 5.75 Å². The quantitative estimate of drug-likeness (QED) is 0.727. The highest BCUT2D eigenvalue weighted by Gasteiger charge is 2.11. The van der Waals surface area contributed by atoms with Gasteiger partial charge in [0.25, 0.3) is 0 Å². The number of aromatic nitrogens is 4. The molecule has 5 heteroatoms. The van der Waals surface area contributed by atoms with Crippen LogP contribution >= 0.6 is 0 Å². The number of benzene rings is 1. The molecule has 0 bridgehead atoms. The minimum absolute atomic E-state index is 0.673. The summed E-state index contributed by atoms with van der Waals surface area (Å²) in [5.74, 6) is 1.64. The van der Waals surface area contributed by atoms with E-state index in [2.05, 4.69) is 15.2 Å². The van der Waals surface area contributed by atoms with Crippen LogP contribution < -0.4 is 4.74 Å². The van der Waals surface area contributed by atoms with Crippen LogP contribution in [0.25, 0.3) is 5.69 Å². The van der Waals surface area contributed by atoms with Gasteiger partial charge in [0.05, 0.1) is 12.8 Å². The molecule has 0 atom stereocenters. The van der Waals surface area contributed by atoms with Gasteiger partial charge in [-0.15, -0.1) is 10.2 Å². The number of nitrogens with zero attached hydrogens (tertiary/aromatic N) is 4. The van der Waals surface area contributed by atoms with Crippen LogP contribution in [0.1, 0.15) is 11.4 Å². The van der Waals surface area contributed by atoms with E-state index in [1.165, 1.54) is 0 Å². The van der Waals surface area contributed by atoms with E-state index in [4.69, 9.17) is 4.74 Å². The maximum atomic E-state index is 5.39. The molecule has 0 spiro atoms. The molecule has 100 valence electrons. The van der Waals surface area contributed by atoms with Crippen LogP contribution in [0.2, 0.25) is 0 Å². The van der Waals surface area contributed by atoms with Crippen molar-refractivity contribution >= 4 is 0 Å². The molecule has 0 aliphatic heterocycles. The Balaban J connectivity index is 1.98. The maximum absolute atomic E-state index is 5.39. The third-order valence-corrected chi connectivity index (χ3v) is 3.05. The lowest BCUT2D eigenvalue weighted by Crippen LogP contribution is -2.03. The monoisotopic (exact) mass is 266 g/mol. The second-order valence-electron chi connectivity index (χ2n) is 4.33. The third-order valence-electron chi connectivity index (χ3n) is 3.05. The van der Waals surface area contributed by atoms with Gasteiger partial charge < -0.3 is 4.74 Å². The van der Waals surface area contributed by atoms with E-state index in [0.717, 1.165) is 22.8 Å². The molecular formula is C15H14N4O. The molecule has 0 saturated heterocycles. The molecule has 0 N–H and O–H groups in total. The van der Waals surface area contributed by atoms with Gasteiger partial charge in [0.2, 0.25) is 0 Å². The van der Waals surface area contributed by atoms with Gasteiger partial charge in [-0.1, -0.05) is 18.2 Å². The van der Waals surface area contributed by atoms with Crippen molar-refractivity contribution in [2.45, 2.75) is 6.42 Å². The first-order valence-electron chi connectivity index (χ1n) is 6.29. The number of hydrogen-bond donors (Lipinski definition) is 0. The van der Waals surface area contributed by atoms with Gasteiger partial charge in [-0.2, -0.15) is 0 Å². The summed E-state index contributed by atoms with van der Waals surface area (Å²) in [7, 11) is 1.66. The Labute approximate surface area is 116 Å². The topological polar surface area (TPSA) is 52.8 Å². The van der Waals surface area contributed by atoms with Crippen LogP contribution in [0.3, 0.4) is 0 Å². The zero-order chi connectivity index (χ0) is 13.8. The molecule has 0 amide bonds. The number of rotatable bonds is 4. The second-order valence-corrected chi connectivity index (χ2v) is 4.33. The Kier molecular flexibility index (Phi) is 3.41. The predicted molar refractivity (Wildman–Crippen MR) is 75.0 cm³/mol. The molecule has 1 aromatic carbocycles. The molecule has 0 saturated carbocycles. The average Bonchev–Trinajstić information content (AvgIpc) is 2.96. The van der Waals surface area contributed by atoms with Crippen molar-refractivity contribution in [2.24, 2.45) is 0 Å². The highest BCUT2D eigenvalue weighted by molar-refractivity contribution is 5.47. The first-order valence-corrected chi connectivity index (χ1v) is 6.29. The molecule has 3 aromatic rings. The lowest BCUT2D eigenvalue weighted by Gasteiger charge is -2.10. The van der Waals surface area contributed by atoms with Crippen LogP contribution in [-0.4, -0.2) is 26.9 Å². The summed E-state index contributed by atoms with van der Waals surface area (Å²) >= 11 is 0. The SMILES string of the molecule is COc1ccccc1-n1cnnc1Cc1cccnc1. The highest BCUT2D eigenvalue weighted by Crippen LogP contribution is 2.23. The van der Waals surface area contributed by atoms with Gasteiger partial charge in [-0.05, 0) is 23.8 Å². The standard InChI is InChI=1S/C15H14N4O/c1-20-14-7-3-2-6-13(14)19-11-17-18-15(19)9-12-5-4-8-16-10-12/h2-8,10-11H,9H2,1H3. The van der Waals surface area contributed by atoms with E-state index in [-0.39, 0.29) is 0 Å². The van der Waals surface area contributed by atoms with Gasteiger partial charge in [0.1, 0.15) is 17.9 Å². The van der Waals surface area contributed by atoms with Crippen molar-refractivity contribution in [3.05, 3.63) is 66.5 Å². The smallest absolute Gasteiger partial charge is 0.142 e. The minimum atomic E-state index is 0.673. The number of pyridine rings is 1. The highest BCUT2D eigenvalue weighted by atomic mass is 16.5. The third kappa shape index (κ3) is 2.38. The first kappa shape index (κ1) is 12.3. The summed E-state index contributed by atoms with van der Waals surface area (Å²) in [5, 5.41) is 8.20. The van der Waals surface area contributed by atoms with E-state index < -0.39 is 0 Å². The molecule has 0 unspecified atom stereocenters. The van der Waals surface area contributed by atoms with Gasteiger partial charge in [0.15, 0.2) is 0 Å². The van der Waals surface area contributed by atoms with Gasteiger partial charge >= 0.3 is 0 Å². The van der Waals surface area contributed by atoms with Crippen molar-refractivity contribution in [3.63, 3.8) is 0 Å². The molecular weight excluding hydrogens is 252 g/mol. The van der Waals surface area contributed by atoms with Gasteiger partial charge in [0, 0.05) is 18.8 Å². The fourth-order valence-electron chi connectivity index (χ4n) is 2.09. The summed E-state index contributed by atoms with van der Waals surface area (Å²) in [6, 6.07) is 11.7. The van der Waals surface area contributed by atoms with E-state index >= 15 is 0 Å². The van der Waals surface area contributed by atoms with Crippen molar-refractivity contribution in [2.75, 3.05) is 7.11 Å². The Morgan fingerprint density at radius 2 is 2.05 bits per heavy atom. The zero-order valence-corrected chi connectivity index (χ0v) is 11.1. The van der Waals surface area contributed by atoms with Crippen molar-refractivity contribution in [1.29, 1.82) is 0 Å². The normalized spacial score (nSPS) is 10.4. The Hall–Kier alpha value is -2.69. The molecule has 3 rings (SSSR count). The average molecular weight is 266 g/mol. The number of methoxy groups -OCH3 is 1. The fraction of sp³-hybridized carbons (Fsp3) is 0.133. The lowest BCUT2D eigenvalue weighted by atomic mass is 10.2. The van der Waals surface area contributed by atoms with Crippen LogP contribution in [0.4, 0.5) is 0 Å². The van der Waals surface area contributed by atoms with E-state index in [1.54, 1.807) is 19.6 Å². The second kappa shape index (κ2) is 5.52. The zero-order valence-electron chi connectivity index (χ0n) is 11.1. The molecule has 5 nitrogen and oxygen atoms in total. The molecule has 2 heterocycles. The lowest BCUT2D eigenvalue weighted by molar-refractivity contribution is 0.412. The van der Waals surface area contributed by atoms with Crippen LogP contribution in [0, 0.1) is 0 Å². The van der Waals surface area contributed by atoms with Crippen LogP contribution in [0.15, 0.2) is 55.1 Å². The molecule has 0 aliphatic rings. The van der Waals surface area contributed by atoms with Crippen molar-refractivity contribution in [1.82, 2.24) is 19.7 Å². The number of para-hydroxylation sites is 2. The van der Waals surface area contributed by atoms with E-state index in [1.807, 2.05) is 47.2 Å². The Morgan fingerprint density at radius 3 is 2.85 bits per heavy atom. The first-order chi connectivity index (χ1) is 9.88. The van der Waals surface area contributed by atoms with Gasteiger partial charge in [-0.3, -0.25) is 9.55 Å². The minimum Gasteiger partial charge on any atom is -0.495 e.